The maximum absolute atomic E-state index is 13.0. The molecule has 0 aromatic carbocycles. The molecule has 25 heavy (non-hydrogen) atoms. The molecule has 0 unspecified atom stereocenters. The predicted molar refractivity (Wildman–Crippen MR) is 91.7 cm³/mol. The second kappa shape index (κ2) is 7.13. The number of carbonyl (C=O) groups excluding carboxylic acids is 2. The van der Waals surface area contributed by atoms with Gasteiger partial charge in [-0.15, -0.1) is 0 Å². The highest BCUT2D eigenvalue weighted by atomic mass is 16.5. The Bertz CT molecular complexity index is 791. The van der Waals surface area contributed by atoms with Crippen molar-refractivity contribution in [2.24, 2.45) is 5.92 Å². The molecule has 134 valence electrons. The number of esters is 1. The van der Waals surface area contributed by atoms with Gasteiger partial charge < -0.3 is 14.4 Å². The van der Waals surface area contributed by atoms with Crippen LogP contribution in [0.5, 0.6) is 5.75 Å². The minimum Gasteiger partial charge on any atom is -0.490 e. The number of nitrogens with zero attached hydrogens (tertiary/aromatic N) is 3. The molecular weight excluding hydrogens is 322 g/mol. The number of likely N-dealkylation sites (tertiary alicyclic amines) is 1. The number of methoxy groups -OCH3 is 1. The first-order valence-corrected chi connectivity index (χ1v) is 8.54. The van der Waals surface area contributed by atoms with Gasteiger partial charge >= 0.3 is 5.97 Å². The third kappa shape index (κ3) is 3.18. The van der Waals surface area contributed by atoms with Crippen LogP contribution in [0.1, 0.15) is 35.9 Å². The van der Waals surface area contributed by atoms with Crippen molar-refractivity contribution in [3.8, 4) is 5.75 Å². The number of aryl methyl sites for hydroxylation is 1. The van der Waals surface area contributed by atoms with E-state index in [-0.39, 0.29) is 17.8 Å². The van der Waals surface area contributed by atoms with Crippen molar-refractivity contribution in [2.45, 2.75) is 26.7 Å². The topological polar surface area (TPSA) is 73.1 Å². The molecule has 0 N–H and O–H groups in total. The Morgan fingerprint density at radius 2 is 2.04 bits per heavy atom. The summed E-state index contributed by atoms with van der Waals surface area (Å²) >= 11 is 0. The van der Waals surface area contributed by atoms with Crippen molar-refractivity contribution in [1.29, 1.82) is 0 Å². The highest BCUT2D eigenvalue weighted by Crippen LogP contribution is 2.25. The zero-order valence-corrected chi connectivity index (χ0v) is 14.8. The maximum atomic E-state index is 13.0. The Hall–Kier alpha value is -2.57. The van der Waals surface area contributed by atoms with Crippen molar-refractivity contribution < 1.29 is 19.1 Å². The van der Waals surface area contributed by atoms with Crippen molar-refractivity contribution in [3.05, 3.63) is 29.7 Å². The van der Waals surface area contributed by atoms with E-state index in [0.717, 1.165) is 0 Å². The first-order chi connectivity index (χ1) is 12.1. The van der Waals surface area contributed by atoms with Gasteiger partial charge in [-0.2, -0.15) is 0 Å². The fourth-order valence-electron chi connectivity index (χ4n) is 3.32. The predicted octanol–water partition coefficient (Wildman–Crippen LogP) is 2.07. The molecule has 1 aliphatic rings. The zero-order valence-electron chi connectivity index (χ0n) is 14.8. The summed E-state index contributed by atoms with van der Waals surface area (Å²) in [6, 6.07) is 3.70. The van der Waals surface area contributed by atoms with Crippen LogP contribution < -0.4 is 4.74 Å². The summed E-state index contributed by atoms with van der Waals surface area (Å²) in [6.07, 6.45) is 3.07. The number of carbonyl (C=O) groups is 2. The van der Waals surface area contributed by atoms with Crippen LogP contribution in [0, 0.1) is 12.8 Å². The fourth-order valence-corrected chi connectivity index (χ4v) is 3.32. The minimum absolute atomic E-state index is 0.0676. The third-order valence-corrected chi connectivity index (χ3v) is 4.61. The number of hydrogen-bond donors (Lipinski definition) is 0. The quantitative estimate of drug-likeness (QED) is 0.793. The van der Waals surface area contributed by atoms with E-state index in [0.29, 0.717) is 55.3 Å². The lowest BCUT2D eigenvalue weighted by atomic mass is 9.97. The molecule has 1 saturated heterocycles. The summed E-state index contributed by atoms with van der Waals surface area (Å²) in [6.45, 7) is 5.36. The third-order valence-electron chi connectivity index (χ3n) is 4.61. The number of fused-ring (bicyclic) bond motifs is 1. The number of pyridine rings is 1. The molecule has 1 amide bonds. The molecule has 0 bridgehead atoms. The summed E-state index contributed by atoms with van der Waals surface area (Å²) in [5, 5.41) is 0. The van der Waals surface area contributed by atoms with Gasteiger partial charge in [0.15, 0.2) is 11.4 Å². The Balaban J connectivity index is 1.85. The van der Waals surface area contributed by atoms with Gasteiger partial charge in [-0.25, -0.2) is 4.98 Å². The molecule has 0 saturated carbocycles. The van der Waals surface area contributed by atoms with Crippen molar-refractivity contribution in [1.82, 2.24) is 14.3 Å². The van der Waals surface area contributed by atoms with Gasteiger partial charge in [0.2, 0.25) is 0 Å². The first kappa shape index (κ1) is 17.3. The van der Waals surface area contributed by atoms with Crippen LogP contribution in [0.25, 0.3) is 5.65 Å². The van der Waals surface area contributed by atoms with Crippen LogP contribution in [-0.4, -0.2) is 53.0 Å². The van der Waals surface area contributed by atoms with Crippen LogP contribution in [-0.2, 0) is 9.53 Å². The lowest BCUT2D eigenvalue weighted by molar-refractivity contribution is -0.146. The summed E-state index contributed by atoms with van der Waals surface area (Å²) < 4.78 is 12.2. The Labute approximate surface area is 146 Å². The molecule has 0 atom stereocenters. The molecule has 7 nitrogen and oxygen atoms in total. The zero-order chi connectivity index (χ0) is 18.0. The summed E-state index contributed by atoms with van der Waals surface area (Å²) in [5.41, 5.74) is 1.87. The number of amides is 1. The monoisotopic (exact) mass is 345 g/mol. The lowest BCUT2D eigenvalue weighted by Gasteiger charge is -2.30. The maximum Gasteiger partial charge on any atom is 0.308 e. The first-order valence-electron chi connectivity index (χ1n) is 8.54. The van der Waals surface area contributed by atoms with Crippen molar-refractivity contribution >= 4 is 17.5 Å². The number of ether oxygens (including phenoxy) is 2. The van der Waals surface area contributed by atoms with E-state index in [4.69, 9.17) is 9.47 Å². The van der Waals surface area contributed by atoms with Gasteiger partial charge in [-0.3, -0.25) is 14.0 Å². The van der Waals surface area contributed by atoms with Crippen LogP contribution in [0.3, 0.4) is 0 Å². The molecule has 0 spiro atoms. The molecule has 3 rings (SSSR count). The van der Waals surface area contributed by atoms with Crippen molar-refractivity contribution in [3.63, 3.8) is 0 Å². The summed E-state index contributed by atoms with van der Waals surface area (Å²) in [4.78, 5) is 31.0. The van der Waals surface area contributed by atoms with E-state index in [1.165, 1.54) is 7.11 Å². The standard InChI is InChI=1S/C18H23N3O4/c1-4-25-14-6-5-9-21-15(12(2)19-16(14)21)17(22)20-10-7-13(8-11-20)18(23)24-3/h5-6,9,13H,4,7-8,10-11H2,1-3H3. The van der Waals surface area contributed by atoms with E-state index in [2.05, 4.69) is 4.98 Å². The highest BCUT2D eigenvalue weighted by molar-refractivity contribution is 5.95. The molecule has 0 radical (unpaired) electrons. The van der Waals surface area contributed by atoms with E-state index in [9.17, 15) is 9.59 Å². The molecule has 1 fully saturated rings. The smallest absolute Gasteiger partial charge is 0.308 e. The van der Waals surface area contributed by atoms with E-state index in [1.807, 2.05) is 32.2 Å². The van der Waals surface area contributed by atoms with Gasteiger partial charge in [0, 0.05) is 19.3 Å². The molecule has 3 heterocycles. The Morgan fingerprint density at radius 1 is 1.32 bits per heavy atom. The molecule has 2 aromatic rings. The Morgan fingerprint density at radius 3 is 2.68 bits per heavy atom. The second-order valence-corrected chi connectivity index (χ2v) is 6.13. The normalized spacial score (nSPS) is 15.4. The van der Waals surface area contributed by atoms with Gasteiger partial charge in [-0.1, -0.05) is 0 Å². The molecular formula is C18H23N3O4. The van der Waals surface area contributed by atoms with Gasteiger partial charge in [0.05, 0.1) is 25.3 Å². The van der Waals surface area contributed by atoms with Crippen LogP contribution in [0.2, 0.25) is 0 Å². The molecule has 2 aromatic heterocycles. The minimum atomic E-state index is -0.195. The number of imidazole rings is 1. The molecule has 0 aliphatic carbocycles. The van der Waals surface area contributed by atoms with Gasteiger partial charge in [0.1, 0.15) is 5.69 Å². The highest BCUT2D eigenvalue weighted by Gasteiger charge is 2.30. The number of rotatable bonds is 4. The van der Waals surface area contributed by atoms with Crippen molar-refractivity contribution in [2.75, 3.05) is 26.8 Å². The van der Waals surface area contributed by atoms with E-state index in [1.54, 1.807) is 9.30 Å². The van der Waals surface area contributed by atoms with Crippen LogP contribution in [0.15, 0.2) is 18.3 Å². The van der Waals surface area contributed by atoms with Gasteiger partial charge in [-0.05, 0) is 38.8 Å². The van der Waals surface area contributed by atoms with Crippen LogP contribution >= 0.6 is 0 Å². The summed E-state index contributed by atoms with van der Waals surface area (Å²) in [5.74, 6) is 0.278. The number of hydrogen-bond acceptors (Lipinski definition) is 5. The lowest BCUT2D eigenvalue weighted by Crippen LogP contribution is -2.41. The second-order valence-electron chi connectivity index (χ2n) is 6.13. The van der Waals surface area contributed by atoms with E-state index >= 15 is 0 Å². The fraction of sp³-hybridized carbons (Fsp3) is 0.500. The van der Waals surface area contributed by atoms with Crippen LogP contribution in [0.4, 0.5) is 0 Å². The molecule has 7 heteroatoms. The summed E-state index contributed by atoms with van der Waals surface area (Å²) in [7, 11) is 1.40. The van der Waals surface area contributed by atoms with Gasteiger partial charge in [0.25, 0.3) is 5.91 Å². The number of aromatic nitrogens is 2. The Kier molecular flexibility index (Phi) is 4.92. The largest absolute Gasteiger partial charge is 0.490 e. The number of piperidine rings is 1. The average molecular weight is 345 g/mol. The average Bonchev–Trinajstić information content (AvgIpc) is 2.97. The van der Waals surface area contributed by atoms with E-state index < -0.39 is 0 Å². The molecule has 1 aliphatic heterocycles. The SMILES string of the molecule is CCOc1cccn2c(C(=O)N3CCC(C(=O)OC)CC3)c(C)nc12.